The lowest BCUT2D eigenvalue weighted by molar-refractivity contribution is -0.138. The van der Waals surface area contributed by atoms with E-state index in [0.29, 0.717) is 17.9 Å². The van der Waals surface area contributed by atoms with Gasteiger partial charge in [-0.1, -0.05) is 37.6 Å². The third-order valence-electron chi connectivity index (χ3n) is 3.42. The van der Waals surface area contributed by atoms with Crippen LogP contribution in [0.25, 0.3) is 0 Å². The molecule has 1 amide bonds. The Bertz CT molecular complexity index is 514. The van der Waals surface area contributed by atoms with E-state index in [0.717, 1.165) is 11.1 Å². The second kappa shape index (κ2) is 8.03. The molecule has 0 aliphatic carbocycles. The molecule has 5 heteroatoms. The van der Waals surface area contributed by atoms with E-state index >= 15 is 0 Å². The Hall–Kier alpha value is -1.55. The minimum atomic E-state index is -0.903. The van der Waals surface area contributed by atoms with Gasteiger partial charge < -0.3 is 10.4 Å². The molecule has 1 rings (SSSR count). The van der Waals surface area contributed by atoms with Crippen molar-refractivity contribution in [3.63, 3.8) is 0 Å². The van der Waals surface area contributed by atoms with Gasteiger partial charge in [0.1, 0.15) is 0 Å². The smallest absolute Gasteiger partial charge is 0.305 e. The molecule has 0 saturated carbocycles. The monoisotopic (exact) mass is 311 g/mol. The molecule has 2 N–H and O–H groups in total. The normalized spacial score (nSPS) is 12.2. The summed E-state index contributed by atoms with van der Waals surface area (Å²) in [6, 6.07) is 5.40. The van der Waals surface area contributed by atoms with Gasteiger partial charge in [0.05, 0.1) is 6.42 Å². The summed E-state index contributed by atoms with van der Waals surface area (Å²) in [5.41, 5.74) is 2.01. The second-order valence-corrected chi connectivity index (χ2v) is 6.01. The Kier molecular flexibility index (Phi) is 6.69. The first kappa shape index (κ1) is 17.5. The van der Waals surface area contributed by atoms with Crippen molar-refractivity contribution in [2.45, 2.75) is 46.1 Å². The van der Waals surface area contributed by atoms with Crippen LogP contribution in [0.3, 0.4) is 0 Å². The van der Waals surface area contributed by atoms with Gasteiger partial charge in [0.15, 0.2) is 0 Å². The molecule has 0 radical (unpaired) electrons. The van der Waals surface area contributed by atoms with Gasteiger partial charge in [-0.05, 0) is 36.5 Å². The number of nitrogens with one attached hydrogen (secondary N) is 1. The van der Waals surface area contributed by atoms with Crippen molar-refractivity contribution in [2.75, 3.05) is 0 Å². The predicted molar refractivity (Wildman–Crippen MR) is 83.5 cm³/mol. The lowest BCUT2D eigenvalue weighted by atomic mass is 10.0. The fourth-order valence-electron chi connectivity index (χ4n) is 1.97. The van der Waals surface area contributed by atoms with Crippen LogP contribution in [0.4, 0.5) is 0 Å². The Morgan fingerprint density at radius 1 is 1.33 bits per heavy atom. The maximum Gasteiger partial charge on any atom is 0.305 e. The summed E-state index contributed by atoms with van der Waals surface area (Å²) in [7, 11) is 0. The lowest BCUT2D eigenvalue weighted by Gasteiger charge is -2.20. The third kappa shape index (κ3) is 6.17. The number of carboxylic acids is 1. The number of halogens is 1. The molecule has 0 aliphatic rings. The zero-order chi connectivity index (χ0) is 16.0. The van der Waals surface area contributed by atoms with Crippen LogP contribution in [-0.2, 0) is 16.0 Å². The summed E-state index contributed by atoms with van der Waals surface area (Å²) in [4.78, 5) is 22.7. The van der Waals surface area contributed by atoms with Crippen LogP contribution in [0.1, 0.15) is 37.8 Å². The Balaban J connectivity index is 2.52. The molecule has 0 fully saturated rings. The maximum atomic E-state index is 11.9. The molecular formula is C16H22ClNO3. The largest absolute Gasteiger partial charge is 0.481 e. The molecular weight excluding hydrogens is 290 g/mol. The van der Waals surface area contributed by atoms with E-state index in [2.05, 4.69) is 5.32 Å². The van der Waals surface area contributed by atoms with Gasteiger partial charge >= 0.3 is 5.97 Å². The van der Waals surface area contributed by atoms with E-state index in [-0.39, 0.29) is 24.3 Å². The van der Waals surface area contributed by atoms with Crippen LogP contribution in [0.15, 0.2) is 18.2 Å². The van der Waals surface area contributed by atoms with Crippen molar-refractivity contribution in [3.8, 4) is 0 Å². The number of amides is 1. The summed E-state index contributed by atoms with van der Waals surface area (Å²) < 4.78 is 0. The van der Waals surface area contributed by atoms with E-state index in [9.17, 15) is 9.59 Å². The van der Waals surface area contributed by atoms with Crippen molar-refractivity contribution in [1.82, 2.24) is 5.32 Å². The minimum Gasteiger partial charge on any atom is -0.481 e. The average molecular weight is 312 g/mol. The number of carboxylic acid groups (broad SMARTS) is 1. The number of hydrogen-bond acceptors (Lipinski definition) is 2. The van der Waals surface area contributed by atoms with E-state index in [1.807, 2.05) is 39.0 Å². The molecule has 116 valence electrons. The molecule has 0 bridgehead atoms. The Morgan fingerprint density at radius 3 is 2.52 bits per heavy atom. The summed E-state index contributed by atoms with van der Waals surface area (Å²) in [6.07, 6.45) is 0.853. The van der Waals surface area contributed by atoms with Gasteiger partial charge in [0.25, 0.3) is 0 Å². The third-order valence-corrected chi connectivity index (χ3v) is 3.83. The maximum absolute atomic E-state index is 11.9. The van der Waals surface area contributed by atoms with Crippen LogP contribution < -0.4 is 5.32 Å². The molecule has 21 heavy (non-hydrogen) atoms. The standard InChI is InChI=1S/C16H22ClNO3/c1-10(2)14(9-16(20)21)18-15(19)7-6-12-5-4-11(3)13(17)8-12/h4-5,8,10,14H,6-7,9H2,1-3H3,(H,18,19)(H,20,21). The lowest BCUT2D eigenvalue weighted by Crippen LogP contribution is -2.40. The van der Waals surface area contributed by atoms with E-state index < -0.39 is 5.97 Å². The van der Waals surface area contributed by atoms with Crippen LogP contribution in [-0.4, -0.2) is 23.0 Å². The second-order valence-electron chi connectivity index (χ2n) is 5.60. The topological polar surface area (TPSA) is 66.4 Å². The number of benzene rings is 1. The fraction of sp³-hybridized carbons (Fsp3) is 0.500. The summed E-state index contributed by atoms with van der Waals surface area (Å²) in [6.45, 7) is 5.72. The summed E-state index contributed by atoms with van der Waals surface area (Å²) >= 11 is 6.05. The molecule has 4 nitrogen and oxygen atoms in total. The fourth-order valence-corrected chi connectivity index (χ4v) is 2.17. The predicted octanol–water partition coefficient (Wildman–Crippen LogP) is 3.20. The van der Waals surface area contributed by atoms with Gasteiger partial charge in [-0.15, -0.1) is 0 Å². The Morgan fingerprint density at radius 2 is 2.00 bits per heavy atom. The van der Waals surface area contributed by atoms with Gasteiger partial charge in [-0.2, -0.15) is 0 Å². The highest BCUT2D eigenvalue weighted by Gasteiger charge is 2.19. The van der Waals surface area contributed by atoms with Crippen molar-refractivity contribution < 1.29 is 14.7 Å². The zero-order valence-electron chi connectivity index (χ0n) is 12.6. The summed E-state index contributed by atoms with van der Waals surface area (Å²) in [5, 5.41) is 12.3. The number of aryl methyl sites for hydroxylation is 2. The first-order chi connectivity index (χ1) is 9.79. The molecule has 0 spiro atoms. The van der Waals surface area contributed by atoms with Gasteiger partial charge in [0, 0.05) is 17.5 Å². The molecule has 0 aliphatic heterocycles. The first-order valence-electron chi connectivity index (χ1n) is 7.05. The van der Waals surface area contributed by atoms with Crippen LogP contribution >= 0.6 is 11.6 Å². The van der Waals surface area contributed by atoms with E-state index in [4.69, 9.17) is 16.7 Å². The molecule has 0 heterocycles. The molecule has 0 saturated heterocycles. The zero-order valence-corrected chi connectivity index (χ0v) is 13.4. The van der Waals surface area contributed by atoms with Gasteiger partial charge in [-0.25, -0.2) is 0 Å². The first-order valence-corrected chi connectivity index (χ1v) is 7.43. The SMILES string of the molecule is Cc1ccc(CCC(=O)NC(CC(=O)O)C(C)C)cc1Cl. The van der Waals surface area contributed by atoms with E-state index in [1.165, 1.54) is 0 Å². The number of carbonyl (C=O) groups excluding carboxylic acids is 1. The van der Waals surface area contributed by atoms with Crippen molar-refractivity contribution >= 4 is 23.5 Å². The average Bonchev–Trinajstić information content (AvgIpc) is 2.38. The van der Waals surface area contributed by atoms with Gasteiger partial charge in [0.2, 0.25) is 5.91 Å². The highest BCUT2D eigenvalue weighted by atomic mass is 35.5. The van der Waals surface area contributed by atoms with Crippen LogP contribution in [0.5, 0.6) is 0 Å². The molecule has 1 aromatic rings. The van der Waals surface area contributed by atoms with Crippen molar-refractivity contribution in [3.05, 3.63) is 34.3 Å². The highest BCUT2D eigenvalue weighted by molar-refractivity contribution is 6.31. The molecule has 0 aromatic heterocycles. The number of aliphatic carboxylic acids is 1. The summed E-state index contributed by atoms with van der Waals surface area (Å²) in [5.74, 6) is -0.954. The minimum absolute atomic E-state index is 0.0558. The molecule has 1 atom stereocenters. The van der Waals surface area contributed by atoms with Crippen LogP contribution in [0.2, 0.25) is 5.02 Å². The van der Waals surface area contributed by atoms with Crippen LogP contribution in [0, 0.1) is 12.8 Å². The van der Waals surface area contributed by atoms with E-state index in [1.54, 1.807) is 0 Å². The highest BCUT2D eigenvalue weighted by Crippen LogP contribution is 2.17. The van der Waals surface area contributed by atoms with Gasteiger partial charge in [-0.3, -0.25) is 9.59 Å². The van der Waals surface area contributed by atoms with Crippen molar-refractivity contribution in [2.24, 2.45) is 5.92 Å². The Labute approximate surface area is 130 Å². The van der Waals surface area contributed by atoms with Crippen molar-refractivity contribution in [1.29, 1.82) is 0 Å². The number of hydrogen-bond donors (Lipinski definition) is 2. The quantitative estimate of drug-likeness (QED) is 0.812. The number of carbonyl (C=O) groups is 2. The molecule has 1 unspecified atom stereocenters. The number of rotatable bonds is 7. The molecule has 1 aromatic carbocycles.